The Kier molecular flexibility index (Phi) is 2.15. The zero-order chi connectivity index (χ0) is 8.39. The highest BCUT2D eigenvalue weighted by atomic mass is 14.9. The Balaban J connectivity index is 1.92. The number of hydrogen-bond donors (Lipinski definition) is 1. The summed E-state index contributed by atoms with van der Waals surface area (Å²) in [6, 6.07) is 1.21. The molecule has 2 aliphatic heterocycles. The molecule has 3 unspecified atom stereocenters. The van der Waals surface area contributed by atoms with Crippen LogP contribution in [0.4, 0.5) is 0 Å². The van der Waals surface area contributed by atoms with Crippen LogP contribution >= 0.6 is 0 Å². The lowest BCUT2D eigenvalue weighted by atomic mass is 9.88. The summed E-state index contributed by atoms with van der Waals surface area (Å²) in [4.78, 5) is 4.38. The van der Waals surface area contributed by atoms with Crippen LogP contribution in [0.1, 0.15) is 26.2 Å². The van der Waals surface area contributed by atoms with Gasteiger partial charge in [0, 0.05) is 12.1 Å². The summed E-state index contributed by atoms with van der Waals surface area (Å²) < 4.78 is 0. The summed E-state index contributed by atoms with van der Waals surface area (Å²) >= 11 is 0. The molecule has 0 aliphatic carbocycles. The van der Waals surface area contributed by atoms with Crippen LogP contribution in [0.25, 0.3) is 0 Å². The molecule has 0 aromatic carbocycles. The molecular formula is C10H16N2. The molecule has 2 nitrogen and oxygen atoms in total. The first kappa shape index (κ1) is 7.84. The minimum Gasteiger partial charge on any atom is -0.388 e. The Bertz CT molecular complexity index is 200. The molecule has 0 fully saturated rings. The van der Waals surface area contributed by atoms with Gasteiger partial charge in [-0.25, -0.2) is 0 Å². The van der Waals surface area contributed by atoms with Crippen molar-refractivity contribution in [2.75, 3.05) is 0 Å². The minimum atomic E-state index is 0.533. The predicted molar refractivity (Wildman–Crippen MR) is 51.4 cm³/mol. The first-order valence-corrected chi connectivity index (χ1v) is 4.79. The third-order valence-electron chi connectivity index (χ3n) is 2.80. The van der Waals surface area contributed by atoms with Gasteiger partial charge in [-0.3, -0.25) is 4.99 Å². The number of nitrogens with zero attached hydrogens (tertiary/aromatic N) is 1. The second kappa shape index (κ2) is 3.30. The Morgan fingerprint density at radius 1 is 1.42 bits per heavy atom. The molecule has 0 saturated carbocycles. The van der Waals surface area contributed by atoms with Crippen molar-refractivity contribution in [3.8, 4) is 0 Å². The van der Waals surface area contributed by atoms with Crippen LogP contribution in [0, 0.1) is 5.92 Å². The summed E-state index contributed by atoms with van der Waals surface area (Å²) in [5, 5.41) is 3.40. The van der Waals surface area contributed by atoms with Gasteiger partial charge in [0.05, 0.1) is 0 Å². The van der Waals surface area contributed by atoms with Crippen LogP contribution in [0.15, 0.2) is 17.3 Å². The van der Waals surface area contributed by atoms with Gasteiger partial charge in [0.1, 0.15) is 0 Å². The number of hydrogen-bond acceptors (Lipinski definition) is 2. The normalized spacial score (nSPS) is 39.9. The molecule has 0 saturated heterocycles. The van der Waals surface area contributed by atoms with Crippen molar-refractivity contribution < 1.29 is 0 Å². The molecule has 1 N–H and O–H groups in total. The average molecular weight is 164 g/mol. The number of aliphatic imine (C=N–C) groups is 1. The third-order valence-corrected chi connectivity index (χ3v) is 2.80. The molecular weight excluding hydrogens is 148 g/mol. The van der Waals surface area contributed by atoms with Crippen LogP contribution in [0.3, 0.4) is 0 Å². The Morgan fingerprint density at radius 2 is 2.33 bits per heavy atom. The van der Waals surface area contributed by atoms with Crippen molar-refractivity contribution in [3.05, 3.63) is 12.3 Å². The van der Waals surface area contributed by atoms with Gasteiger partial charge in [-0.05, 0) is 44.5 Å². The lowest BCUT2D eigenvalue weighted by Gasteiger charge is -2.27. The summed E-state index contributed by atoms with van der Waals surface area (Å²) in [5.41, 5.74) is 0. The Morgan fingerprint density at radius 3 is 3.00 bits per heavy atom. The quantitative estimate of drug-likeness (QED) is 0.627. The molecule has 12 heavy (non-hydrogen) atoms. The molecule has 0 amide bonds. The fourth-order valence-electron chi connectivity index (χ4n) is 2.10. The third kappa shape index (κ3) is 1.52. The fraction of sp³-hybridized carbons (Fsp3) is 0.700. The van der Waals surface area contributed by atoms with Crippen molar-refractivity contribution in [2.24, 2.45) is 10.9 Å². The molecule has 0 aromatic rings. The lowest BCUT2D eigenvalue weighted by molar-refractivity contribution is 0.353. The first-order valence-electron chi connectivity index (χ1n) is 4.79. The van der Waals surface area contributed by atoms with Gasteiger partial charge >= 0.3 is 0 Å². The summed E-state index contributed by atoms with van der Waals surface area (Å²) in [5.74, 6) is 0.799. The maximum atomic E-state index is 4.38. The van der Waals surface area contributed by atoms with Crippen molar-refractivity contribution in [1.82, 2.24) is 5.32 Å². The second-order valence-corrected chi connectivity index (χ2v) is 3.82. The summed E-state index contributed by atoms with van der Waals surface area (Å²) in [6.07, 6.45) is 10.0. The lowest BCUT2D eigenvalue weighted by Crippen LogP contribution is -2.33. The van der Waals surface area contributed by atoms with Gasteiger partial charge in [-0.2, -0.15) is 0 Å². The van der Waals surface area contributed by atoms with E-state index in [4.69, 9.17) is 0 Å². The van der Waals surface area contributed by atoms with E-state index >= 15 is 0 Å². The second-order valence-electron chi connectivity index (χ2n) is 3.82. The molecule has 0 aromatic heterocycles. The van der Waals surface area contributed by atoms with E-state index in [1.54, 1.807) is 0 Å². The zero-order valence-electron chi connectivity index (χ0n) is 7.53. The average Bonchev–Trinajstić information content (AvgIpc) is 2.56. The van der Waals surface area contributed by atoms with Crippen LogP contribution in [0.5, 0.6) is 0 Å². The largest absolute Gasteiger partial charge is 0.388 e. The van der Waals surface area contributed by atoms with Crippen LogP contribution in [-0.4, -0.2) is 18.3 Å². The molecule has 0 radical (unpaired) electrons. The fourth-order valence-corrected chi connectivity index (χ4v) is 2.10. The van der Waals surface area contributed by atoms with E-state index in [9.17, 15) is 0 Å². The smallest absolute Gasteiger partial charge is 0.0471 e. The molecule has 0 spiro atoms. The van der Waals surface area contributed by atoms with Crippen molar-refractivity contribution >= 4 is 6.21 Å². The minimum absolute atomic E-state index is 0.533. The molecule has 66 valence electrons. The van der Waals surface area contributed by atoms with Crippen molar-refractivity contribution in [3.63, 3.8) is 0 Å². The molecule has 2 heterocycles. The van der Waals surface area contributed by atoms with E-state index in [-0.39, 0.29) is 0 Å². The van der Waals surface area contributed by atoms with Crippen molar-refractivity contribution in [2.45, 2.75) is 38.3 Å². The summed E-state index contributed by atoms with van der Waals surface area (Å²) in [6.45, 7) is 2.20. The SMILES string of the molecule is CC1CC(C2CC=CN2)CC=N1. The van der Waals surface area contributed by atoms with Gasteiger partial charge in [0.15, 0.2) is 0 Å². The highest BCUT2D eigenvalue weighted by molar-refractivity contribution is 5.59. The molecule has 0 bridgehead atoms. The van der Waals surface area contributed by atoms with Gasteiger partial charge in [-0.15, -0.1) is 0 Å². The Hall–Kier alpha value is -0.790. The first-order chi connectivity index (χ1) is 5.86. The van der Waals surface area contributed by atoms with E-state index in [0.717, 1.165) is 12.3 Å². The van der Waals surface area contributed by atoms with E-state index in [0.29, 0.717) is 12.1 Å². The maximum Gasteiger partial charge on any atom is 0.0471 e. The van der Waals surface area contributed by atoms with Crippen LogP contribution < -0.4 is 5.32 Å². The van der Waals surface area contributed by atoms with E-state index in [1.165, 1.54) is 12.8 Å². The van der Waals surface area contributed by atoms with E-state index in [2.05, 4.69) is 35.7 Å². The molecule has 2 aliphatic rings. The van der Waals surface area contributed by atoms with Gasteiger partial charge in [-0.1, -0.05) is 6.08 Å². The van der Waals surface area contributed by atoms with Gasteiger partial charge in [0.25, 0.3) is 0 Å². The van der Waals surface area contributed by atoms with Crippen LogP contribution in [-0.2, 0) is 0 Å². The highest BCUT2D eigenvalue weighted by Crippen LogP contribution is 2.24. The molecule has 2 heteroatoms. The van der Waals surface area contributed by atoms with E-state index in [1.807, 2.05) is 0 Å². The topological polar surface area (TPSA) is 24.4 Å². The number of nitrogens with one attached hydrogen (secondary N) is 1. The van der Waals surface area contributed by atoms with Crippen LogP contribution in [0.2, 0.25) is 0 Å². The monoisotopic (exact) mass is 164 g/mol. The predicted octanol–water partition coefficient (Wildman–Crippen LogP) is 1.73. The highest BCUT2D eigenvalue weighted by Gasteiger charge is 2.24. The molecule has 2 rings (SSSR count). The summed E-state index contributed by atoms with van der Waals surface area (Å²) in [7, 11) is 0. The van der Waals surface area contributed by atoms with E-state index < -0.39 is 0 Å². The maximum absolute atomic E-state index is 4.38. The van der Waals surface area contributed by atoms with Gasteiger partial charge in [0.2, 0.25) is 0 Å². The Labute approximate surface area is 73.8 Å². The number of rotatable bonds is 1. The zero-order valence-corrected chi connectivity index (χ0v) is 7.53. The standard InChI is InChI=1S/C10H16N2/c1-8-7-9(4-6-11-8)10-3-2-5-12-10/h2,5-6,8-10,12H,3-4,7H2,1H3. The molecule has 3 atom stereocenters. The van der Waals surface area contributed by atoms with Crippen molar-refractivity contribution in [1.29, 1.82) is 0 Å². The van der Waals surface area contributed by atoms with Gasteiger partial charge < -0.3 is 5.32 Å².